The van der Waals surface area contributed by atoms with E-state index in [0.29, 0.717) is 30.2 Å². The number of ether oxygens (including phenoxy) is 2. The third-order valence-electron chi connectivity index (χ3n) is 5.98. The quantitative estimate of drug-likeness (QED) is 0.644. The van der Waals surface area contributed by atoms with Gasteiger partial charge < -0.3 is 24.8 Å². The van der Waals surface area contributed by atoms with Crippen molar-refractivity contribution in [2.75, 3.05) is 13.2 Å². The number of rotatable bonds is 5. The Morgan fingerprint density at radius 3 is 2.55 bits per heavy atom. The fourth-order valence-corrected chi connectivity index (χ4v) is 4.56. The lowest BCUT2D eigenvalue weighted by atomic mass is 9.88. The van der Waals surface area contributed by atoms with Crippen molar-refractivity contribution in [1.29, 1.82) is 0 Å². The highest BCUT2D eigenvalue weighted by atomic mass is 35.5. The third-order valence-corrected chi connectivity index (χ3v) is 6.40. The van der Waals surface area contributed by atoms with Crippen molar-refractivity contribution in [1.82, 2.24) is 0 Å². The first-order chi connectivity index (χ1) is 14.7. The van der Waals surface area contributed by atoms with Crippen LogP contribution in [0.2, 0.25) is 5.02 Å². The fourth-order valence-electron chi connectivity index (χ4n) is 4.27. The third kappa shape index (κ3) is 4.43. The Morgan fingerprint density at radius 1 is 1.19 bits per heavy atom. The monoisotopic (exact) mass is 454 g/mol. The van der Waals surface area contributed by atoms with E-state index in [4.69, 9.17) is 21.1 Å². The molecule has 1 fully saturated rings. The Kier molecular flexibility index (Phi) is 6.25. The molecule has 0 amide bonds. The average Bonchev–Trinajstić information content (AvgIpc) is 3.22. The second-order valence-electron chi connectivity index (χ2n) is 8.25. The van der Waals surface area contributed by atoms with E-state index >= 15 is 0 Å². The second kappa shape index (κ2) is 8.64. The maximum absolute atomic E-state index is 13.5. The van der Waals surface area contributed by atoms with Crippen LogP contribution in [0, 0.1) is 0 Å². The summed E-state index contributed by atoms with van der Waals surface area (Å²) in [6.45, 7) is 0.910. The summed E-state index contributed by atoms with van der Waals surface area (Å²) in [4.78, 5) is 0. The summed E-state index contributed by atoms with van der Waals surface area (Å²) in [5.41, 5.74) is 3.19. The molecule has 0 radical (unpaired) electrons. The minimum absolute atomic E-state index is 0.0569. The van der Waals surface area contributed by atoms with Gasteiger partial charge in [-0.3, -0.25) is 0 Å². The van der Waals surface area contributed by atoms with E-state index in [1.54, 1.807) is 12.1 Å². The molecule has 2 heterocycles. The summed E-state index contributed by atoms with van der Waals surface area (Å²) < 4.78 is 38.6. The van der Waals surface area contributed by atoms with Crippen LogP contribution in [-0.2, 0) is 23.5 Å². The van der Waals surface area contributed by atoms with Crippen LogP contribution in [0.3, 0.4) is 0 Å². The number of halogens is 3. The molecular formula is C23H25ClF2O5. The molecular weight excluding hydrogens is 430 g/mol. The molecule has 5 nitrogen and oxygen atoms in total. The van der Waals surface area contributed by atoms with Gasteiger partial charge in [0.15, 0.2) is 0 Å². The zero-order valence-electron chi connectivity index (χ0n) is 17.0. The lowest BCUT2D eigenvalue weighted by Gasteiger charge is -2.37. The summed E-state index contributed by atoms with van der Waals surface area (Å²) in [7, 11) is 0. The summed E-state index contributed by atoms with van der Waals surface area (Å²) in [6, 6.07) is 8.00. The lowest BCUT2D eigenvalue weighted by molar-refractivity contribution is -0.181. The number of aliphatic hydroxyl groups is 3. The standard InChI is InChI=1S/C23H25ClF2O5/c1-23(25,26)14-4-2-12(3-5-14)8-13-9-16(15-6-7-30-22(15)20(13)24)18-10-17(28)21(29)19(11-27)31-18/h2-5,9,17-19,21,27-29H,6-8,10-11H2,1H3/t17?,18?,19?,21-/m0/s1. The van der Waals surface area contributed by atoms with E-state index in [2.05, 4.69) is 0 Å². The molecule has 0 saturated carbocycles. The van der Waals surface area contributed by atoms with Gasteiger partial charge in [0.2, 0.25) is 0 Å². The highest BCUT2D eigenvalue weighted by Gasteiger charge is 2.39. The van der Waals surface area contributed by atoms with E-state index in [0.717, 1.165) is 29.2 Å². The van der Waals surface area contributed by atoms with Crippen molar-refractivity contribution in [3.63, 3.8) is 0 Å². The lowest BCUT2D eigenvalue weighted by Crippen LogP contribution is -2.47. The van der Waals surface area contributed by atoms with Crippen LogP contribution in [0.1, 0.15) is 47.3 Å². The molecule has 4 rings (SSSR count). The molecule has 1 saturated heterocycles. The van der Waals surface area contributed by atoms with E-state index in [-0.39, 0.29) is 12.0 Å². The molecule has 0 bridgehead atoms. The number of hydrogen-bond acceptors (Lipinski definition) is 5. The predicted octanol–water partition coefficient (Wildman–Crippen LogP) is 3.52. The minimum atomic E-state index is -2.91. The molecule has 168 valence electrons. The van der Waals surface area contributed by atoms with Crippen molar-refractivity contribution in [3.8, 4) is 5.75 Å². The molecule has 3 unspecified atom stereocenters. The average molecular weight is 455 g/mol. The first-order valence-corrected chi connectivity index (χ1v) is 10.6. The van der Waals surface area contributed by atoms with Gasteiger partial charge in [0.1, 0.15) is 18.0 Å². The number of hydrogen-bond donors (Lipinski definition) is 3. The van der Waals surface area contributed by atoms with Crippen LogP contribution < -0.4 is 4.74 Å². The summed E-state index contributed by atoms with van der Waals surface area (Å²) in [5.74, 6) is -2.34. The first kappa shape index (κ1) is 22.4. The molecule has 0 spiro atoms. The SMILES string of the molecule is CC(F)(F)c1ccc(Cc2cc(C3CC(O)[C@H](O)C(CO)O3)c3c(c2Cl)OCC3)cc1. The summed E-state index contributed by atoms with van der Waals surface area (Å²) >= 11 is 6.61. The zero-order chi connectivity index (χ0) is 22.3. The minimum Gasteiger partial charge on any atom is -0.491 e. The van der Waals surface area contributed by atoms with E-state index in [1.807, 2.05) is 6.07 Å². The molecule has 2 aliphatic heterocycles. The molecule has 8 heteroatoms. The predicted molar refractivity (Wildman–Crippen MR) is 111 cm³/mol. The molecule has 4 atom stereocenters. The Hall–Kier alpha value is -1.77. The molecule has 0 aromatic heterocycles. The number of alkyl halides is 2. The summed E-state index contributed by atoms with van der Waals surface area (Å²) in [5, 5.41) is 30.3. The Labute approximate surface area is 184 Å². The van der Waals surface area contributed by atoms with Crippen molar-refractivity contribution in [2.45, 2.75) is 56.5 Å². The van der Waals surface area contributed by atoms with Gasteiger partial charge in [-0.15, -0.1) is 0 Å². The van der Waals surface area contributed by atoms with E-state index in [1.165, 1.54) is 12.1 Å². The highest BCUT2D eigenvalue weighted by Crippen LogP contribution is 2.44. The van der Waals surface area contributed by atoms with Crippen LogP contribution in [-0.4, -0.2) is 46.8 Å². The largest absolute Gasteiger partial charge is 0.491 e. The number of benzene rings is 2. The van der Waals surface area contributed by atoms with Gasteiger partial charge in [0, 0.05) is 30.9 Å². The molecule has 2 aliphatic rings. The Bertz CT molecular complexity index is 944. The Morgan fingerprint density at radius 2 is 1.90 bits per heavy atom. The number of aliphatic hydroxyl groups excluding tert-OH is 3. The van der Waals surface area contributed by atoms with Gasteiger partial charge in [-0.1, -0.05) is 41.9 Å². The smallest absolute Gasteiger partial charge is 0.270 e. The molecule has 3 N–H and O–H groups in total. The first-order valence-electron chi connectivity index (χ1n) is 10.3. The van der Waals surface area contributed by atoms with Gasteiger partial charge in [-0.2, -0.15) is 0 Å². The van der Waals surface area contributed by atoms with E-state index < -0.39 is 36.9 Å². The van der Waals surface area contributed by atoms with Gasteiger partial charge in [0.05, 0.1) is 30.4 Å². The van der Waals surface area contributed by atoms with Crippen molar-refractivity contribution in [3.05, 3.63) is 63.2 Å². The van der Waals surface area contributed by atoms with Gasteiger partial charge in [0.25, 0.3) is 5.92 Å². The van der Waals surface area contributed by atoms with Crippen LogP contribution in [0.15, 0.2) is 30.3 Å². The van der Waals surface area contributed by atoms with Crippen LogP contribution in [0.5, 0.6) is 5.75 Å². The molecule has 2 aromatic rings. The molecule has 31 heavy (non-hydrogen) atoms. The fraction of sp³-hybridized carbons (Fsp3) is 0.478. The molecule has 2 aromatic carbocycles. The topological polar surface area (TPSA) is 79.2 Å². The van der Waals surface area contributed by atoms with Crippen LogP contribution >= 0.6 is 11.6 Å². The van der Waals surface area contributed by atoms with Crippen LogP contribution in [0.25, 0.3) is 0 Å². The van der Waals surface area contributed by atoms with Gasteiger partial charge in [-0.25, -0.2) is 8.78 Å². The summed E-state index contributed by atoms with van der Waals surface area (Å²) in [6.07, 6.45) is -2.42. The Balaban J connectivity index is 1.67. The maximum atomic E-state index is 13.5. The van der Waals surface area contributed by atoms with Crippen molar-refractivity contribution < 1.29 is 33.6 Å². The van der Waals surface area contributed by atoms with Gasteiger partial charge >= 0.3 is 0 Å². The van der Waals surface area contributed by atoms with Crippen LogP contribution in [0.4, 0.5) is 8.78 Å². The van der Waals surface area contributed by atoms with Crippen molar-refractivity contribution >= 4 is 11.6 Å². The van der Waals surface area contributed by atoms with Crippen molar-refractivity contribution in [2.24, 2.45) is 0 Å². The van der Waals surface area contributed by atoms with Gasteiger partial charge in [-0.05, 0) is 23.1 Å². The number of fused-ring (bicyclic) bond motifs is 1. The second-order valence-corrected chi connectivity index (χ2v) is 8.62. The highest BCUT2D eigenvalue weighted by molar-refractivity contribution is 6.33. The normalized spacial score (nSPS) is 25.9. The van der Waals surface area contributed by atoms with E-state index in [9.17, 15) is 24.1 Å². The molecule has 0 aliphatic carbocycles. The zero-order valence-corrected chi connectivity index (χ0v) is 17.8. The maximum Gasteiger partial charge on any atom is 0.270 e.